The first-order valence-electron chi connectivity index (χ1n) is 5.92. The monoisotopic (exact) mass is 252 g/mol. The maximum Gasteiger partial charge on any atom is 0.303 e. The van der Waals surface area contributed by atoms with E-state index in [9.17, 15) is 4.79 Å². The first-order chi connectivity index (χ1) is 7.92. The van der Waals surface area contributed by atoms with Crippen molar-refractivity contribution in [2.45, 2.75) is 44.4 Å². The normalized spacial score (nSPS) is 21.9. The van der Waals surface area contributed by atoms with E-state index in [0.29, 0.717) is 0 Å². The van der Waals surface area contributed by atoms with E-state index in [-0.39, 0.29) is 17.8 Å². The molecule has 0 radical (unpaired) electrons. The van der Waals surface area contributed by atoms with Gasteiger partial charge in [0.05, 0.1) is 6.42 Å². The largest absolute Gasteiger partial charge is 0.481 e. The molecule has 1 unspecified atom stereocenters. The van der Waals surface area contributed by atoms with Crippen molar-refractivity contribution in [3.8, 4) is 0 Å². The molecule has 0 saturated carbocycles. The zero-order valence-corrected chi connectivity index (χ0v) is 10.9. The Morgan fingerprint density at radius 3 is 2.88 bits per heavy atom. The van der Waals surface area contributed by atoms with E-state index in [1.54, 1.807) is 0 Å². The predicted octanol–water partition coefficient (Wildman–Crippen LogP) is 3.97. The second-order valence-electron chi connectivity index (χ2n) is 5.42. The number of carboxylic acids is 1. The summed E-state index contributed by atoms with van der Waals surface area (Å²) in [6.07, 6.45) is 2.11. The van der Waals surface area contributed by atoms with E-state index in [1.165, 1.54) is 0 Å². The number of benzene rings is 1. The molecule has 3 heteroatoms. The predicted molar refractivity (Wildman–Crippen MR) is 68.7 cm³/mol. The summed E-state index contributed by atoms with van der Waals surface area (Å²) in [6.45, 7) is 4.35. The van der Waals surface area contributed by atoms with Gasteiger partial charge >= 0.3 is 5.97 Å². The number of carboxylic acid groups (broad SMARTS) is 1. The summed E-state index contributed by atoms with van der Waals surface area (Å²) >= 11 is 6.28. The SMILES string of the molecule is CC1(C)CCC(CC(=O)O)c2cccc(Cl)c21. The van der Waals surface area contributed by atoms with Crippen LogP contribution in [0, 0.1) is 0 Å². The van der Waals surface area contributed by atoms with Gasteiger partial charge in [-0.05, 0) is 41.4 Å². The number of carbonyl (C=O) groups is 1. The highest BCUT2D eigenvalue weighted by molar-refractivity contribution is 6.31. The van der Waals surface area contributed by atoms with Crippen LogP contribution in [0.4, 0.5) is 0 Å². The van der Waals surface area contributed by atoms with Gasteiger partial charge in [-0.3, -0.25) is 4.79 Å². The van der Waals surface area contributed by atoms with Gasteiger partial charge < -0.3 is 5.11 Å². The first kappa shape index (κ1) is 12.4. The number of fused-ring (bicyclic) bond motifs is 1. The highest BCUT2D eigenvalue weighted by Gasteiger charge is 2.34. The third kappa shape index (κ3) is 2.32. The van der Waals surface area contributed by atoms with Gasteiger partial charge in [-0.15, -0.1) is 0 Å². The van der Waals surface area contributed by atoms with Crippen LogP contribution in [0.3, 0.4) is 0 Å². The highest BCUT2D eigenvalue weighted by atomic mass is 35.5. The number of halogens is 1. The summed E-state index contributed by atoms with van der Waals surface area (Å²) in [7, 11) is 0. The summed E-state index contributed by atoms with van der Waals surface area (Å²) < 4.78 is 0. The topological polar surface area (TPSA) is 37.3 Å². The Morgan fingerprint density at radius 1 is 1.53 bits per heavy atom. The molecule has 0 fully saturated rings. The van der Waals surface area contributed by atoms with E-state index in [2.05, 4.69) is 13.8 Å². The minimum absolute atomic E-state index is 0.0443. The molecule has 1 atom stereocenters. The quantitative estimate of drug-likeness (QED) is 0.865. The fourth-order valence-corrected chi connectivity index (χ4v) is 3.27. The van der Waals surface area contributed by atoms with Crippen LogP contribution in [0.15, 0.2) is 18.2 Å². The van der Waals surface area contributed by atoms with E-state index in [1.807, 2.05) is 18.2 Å². The maximum atomic E-state index is 10.9. The highest BCUT2D eigenvalue weighted by Crippen LogP contribution is 2.46. The number of hydrogen-bond acceptors (Lipinski definition) is 1. The van der Waals surface area contributed by atoms with Crippen LogP contribution in [0.1, 0.15) is 50.2 Å². The van der Waals surface area contributed by atoms with Crippen LogP contribution in [-0.2, 0) is 10.2 Å². The standard InChI is InChI=1S/C14H17ClO2/c1-14(2)7-6-9(8-12(16)17)10-4-3-5-11(15)13(10)14/h3-5,9H,6-8H2,1-2H3,(H,16,17). The minimum Gasteiger partial charge on any atom is -0.481 e. The second kappa shape index (κ2) is 4.34. The van der Waals surface area contributed by atoms with Crippen molar-refractivity contribution < 1.29 is 9.90 Å². The Balaban J connectivity index is 2.48. The summed E-state index contributed by atoms with van der Waals surface area (Å²) in [5.41, 5.74) is 2.30. The van der Waals surface area contributed by atoms with E-state index in [0.717, 1.165) is 29.0 Å². The molecular weight excluding hydrogens is 236 g/mol. The summed E-state index contributed by atoms with van der Waals surface area (Å²) in [4.78, 5) is 10.9. The Bertz CT molecular complexity index is 452. The number of aliphatic carboxylic acids is 1. The molecule has 2 nitrogen and oxygen atoms in total. The lowest BCUT2D eigenvalue weighted by Crippen LogP contribution is -2.27. The summed E-state index contributed by atoms with van der Waals surface area (Å²) in [5.74, 6) is -0.630. The molecule has 1 aromatic rings. The van der Waals surface area contributed by atoms with Crippen molar-refractivity contribution in [2.75, 3.05) is 0 Å². The molecule has 2 rings (SSSR count). The molecule has 1 aliphatic carbocycles. The van der Waals surface area contributed by atoms with Gasteiger partial charge in [0.15, 0.2) is 0 Å². The summed E-state index contributed by atoms with van der Waals surface area (Å²) in [6, 6.07) is 5.83. The van der Waals surface area contributed by atoms with Crippen LogP contribution in [0.5, 0.6) is 0 Å². The smallest absolute Gasteiger partial charge is 0.303 e. The van der Waals surface area contributed by atoms with Crippen LogP contribution >= 0.6 is 11.6 Å². The third-order valence-corrected chi connectivity index (χ3v) is 4.02. The van der Waals surface area contributed by atoms with E-state index >= 15 is 0 Å². The first-order valence-corrected chi connectivity index (χ1v) is 6.30. The van der Waals surface area contributed by atoms with E-state index in [4.69, 9.17) is 16.7 Å². The lowest BCUT2D eigenvalue weighted by Gasteiger charge is -2.37. The molecule has 1 aromatic carbocycles. The fourth-order valence-electron chi connectivity index (χ4n) is 2.83. The molecule has 0 aliphatic heterocycles. The molecule has 1 aliphatic rings. The molecule has 1 N–H and O–H groups in total. The zero-order valence-electron chi connectivity index (χ0n) is 10.2. The Labute approximate surface area is 107 Å². The van der Waals surface area contributed by atoms with Crippen molar-refractivity contribution in [3.63, 3.8) is 0 Å². The van der Waals surface area contributed by atoms with E-state index < -0.39 is 5.97 Å². The van der Waals surface area contributed by atoms with Crippen molar-refractivity contribution in [1.29, 1.82) is 0 Å². The van der Waals surface area contributed by atoms with Crippen molar-refractivity contribution >= 4 is 17.6 Å². The second-order valence-corrected chi connectivity index (χ2v) is 5.83. The molecule has 0 aromatic heterocycles. The molecule has 0 heterocycles. The minimum atomic E-state index is -0.736. The van der Waals surface area contributed by atoms with Gasteiger partial charge in [-0.1, -0.05) is 37.6 Å². The van der Waals surface area contributed by atoms with Gasteiger partial charge in [0.25, 0.3) is 0 Å². The molecule has 92 valence electrons. The van der Waals surface area contributed by atoms with Crippen LogP contribution in [0.2, 0.25) is 5.02 Å². The average molecular weight is 253 g/mol. The molecule has 0 spiro atoms. The lowest BCUT2D eigenvalue weighted by atomic mass is 9.68. The average Bonchev–Trinajstić information content (AvgIpc) is 2.21. The van der Waals surface area contributed by atoms with Gasteiger partial charge in [0.2, 0.25) is 0 Å². The molecular formula is C14H17ClO2. The van der Waals surface area contributed by atoms with Gasteiger partial charge in [-0.2, -0.15) is 0 Å². The number of hydrogen-bond donors (Lipinski definition) is 1. The van der Waals surface area contributed by atoms with Crippen LogP contribution in [-0.4, -0.2) is 11.1 Å². The fraction of sp³-hybridized carbons (Fsp3) is 0.500. The molecule has 17 heavy (non-hydrogen) atoms. The van der Waals surface area contributed by atoms with Crippen molar-refractivity contribution in [1.82, 2.24) is 0 Å². The Hall–Kier alpha value is -1.02. The van der Waals surface area contributed by atoms with Crippen LogP contribution in [0.25, 0.3) is 0 Å². The molecule has 0 bridgehead atoms. The van der Waals surface area contributed by atoms with Crippen LogP contribution < -0.4 is 0 Å². The van der Waals surface area contributed by atoms with Gasteiger partial charge in [-0.25, -0.2) is 0 Å². The number of rotatable bonds is 2. The van der Waals surface area contributed by atoms with Crippen molar-refractivity contribution in [2.24, 2.45) is 0 Å². The van der Waals surface area contributed by atoms with Crippen molar-refractivity contribution in [3.05, 3.63) is 34.3 Å². The molecule has 0 saturated heterocycles. The lowest BCUT2D eigenvalue weighted by molar-refractivity contribution is -0.137. The van der Waals surface area contributed by atoms with Gasteiger partial charge in [0, 0.05) is 5.02 Å². The molecule has 0 amide bonds. The summed E-state index contributed by atoms with van der Waals surface area (Å²) in [5, 5.41) is 9.72. The maximum absolute atomic E-state index is 10.9. The van der Waals surface area contributed by atoms with Gasteiger partial charge in [0.1, 0.15) is 0 Å². The third-order valence-electron chi connectivity index (χ3n) is 3.70. The zero-order chi connectivity index (χ0) is 12.6. The Kier molecular flexibility index (Phi) is 3.17. The Morgan fingerprint density at radius 2 is 2.24 bits per heavy atom.